The third-order valence-corrected chi connectivity index (χ3v) is 2.98. The number of nitrogens with one attached hydrogen (secondary N) is 1. The molecule has 2 amide bonds. The number of carbonyl (C=O) groups is 1. The van der Waals surface area contributed by atoms with Crippen molar-refractivity contribution in [1.82, 2.24) is 4.90 Å². The quantitative estimate of drug-likeness (QED) is 0.847. The average Bonchev–Trinajstić information content (AvgIpc) is 2.38. The molecule has 0 fully saturated rings. The summed E-state index contributed by atoms with van der Waals surface area (Å²) in [6.07, 6.45) is 1.63. The highest BCUT2D eigenvalue weighted by molar-refractivity contribution is 6.33. The Balaban J connectivity index is 2.82. The molecule has 0 bridgehead atoms. The normalized spacial score (nSPS) is 10.4. The van der Waals surface area contributed by atoms with Crippen molar-refractivity contribution in [3.05, 3.63) is 28.8 Å². The van der Waals surface area contributed by atoms with Crippen molar-refractivity contribution >= 4 is 23.3 Å². The molecule has 0 saturated carbocycles. The molecular formula is C13H17ClF2N2O2. The first-order valence-electron chi connectivity index (χ1n) is 6.31. The van der Waals surface area contributed by atoms with Crippen molar-refractivity contribution in [2.24, 2.45) is 0 Å². The maximum absolute atomic E-state index is 13.6. The van der Waals surface area contributed by atoms with Crippen LogP contribution < -0.4 is 5.32 Å². The zero-order valence-electron chi connectivity index (χ0n) is 11.1. The first-order chi connectivity index (χ1) is 9.49. The smallest absolute Gasteiger partial charge is 0.322 e. The molecule has 4 nitrogen and oxygen atoms in total. The highest BCUT2D eigenvalue weighted by Gasteiger charge is 2.17. The molecular weight excluding hydrogens is 290 g/mol. The van der Waals surface area contributed by atoms with Gasteiger partial charge < -0.3 is 15.3 Å². The molecule has 0 aromatic heterocycles. The van der Waals surface area contributed by atoms with Crippen LogP contribution in [0.25, 0.3) is 0 Å². The second-order valence-corrected chi connectivity index (χ2v) is 4.65. The summed E-state index contributed by atoms with van der Waals surface area (Å²) in [6.45, 7) is 2.33. The minimum atomic E-state index is -0.942. The van der Waals surface area contributed by atoms with Crippen molar-refractivity contribution in [3.8, 4) is 0 Å². The predicted octanol–water partition coefficient (Wildman–Crippen LogP) is 3.24. The zero-order chi connectivity index (χ0) is 15.1. The monoisotopic (exact) mass is 306 g/mol. The van der Waals surface area contributed by atoms with Crippen LogP contribution in [0, 0.1) is 11.6 Å². The van der Waals surface area contributed by atoms with Crippen LogP contribution in [0.5, 0.6) is 0 Å². The lowest BCUT2D eigenvalue weighted by Gasteiger charge is -2.22. The van der Waals surface area contributed by atoms with Gasteiger partial charge >= 0.3 is 6.03 Å². The Bertz CT molecular complexity index is 449. The number of amides is 2. The number of halogens is 3. The van der Waals surface area contributed by atoms with Gasteiger partial charge in [-0.2, -0.15) is 0 Å². The fourth-order valence-electron chi connectivity index (χ4n) is 1.63. The second-order valence-electron chi connectivity index (χ2n) is 4.24. The molecule has 7 heteroatoms. The second kappa shape index (κ2) is 8.01. The third kappa shape index (κ3) is 4.61. The largest absolute Gasteiger partial charge is 0.395 e. The van der Waals surface area contributed by atoms with E-state index in [0.29, 0.717) is 12.6 Å². The molecule has 0 aliphatic carbocycles. The molecule has 1 aromatic carbocycles. The van der Waals surface area contributed by atoms with Crippen LogP contribution in [0.4, 0.5) is 19.3 Å². The van der Waals surface area contributed by atoms with E-state index in [-0.39, 0.29) is 23.9 Å². The number of hydrogen-bond acceptors (Lipinski definition) is 2. The van der Waals surface area contributed by atoms with Gasteiger partial charge in [-0.05, 0) is 12.5 Å². The van der Waals surface area contributed by atoms with E-state index in [9.17, 15) is 13.6 Å². The zero-order valence-corrected chi connectivity index (χ0v) is 11.9. The Morgan fingerprint density at radius 3 is 2.65 bits per heavy atom. The summed E-state index contributed by atoms with van der Waals surface area (Å²) < 4.78 is 26.5. The fourth-order valence-corrected chi connectivity index (χ4v) is 1.87. The van der Waals surface area contributed by atoms with E-state index < -0.39 is 17.7 Å². The van der Waals surface area contributed by atoms with Crippen LogP contribution in [0.15, 0.2) is 12.1 Å². The van der Waals surface area contributed by atoms with E-state index >= 15 is 0 Å². The molecule has 20 heavy (non-hydrogen) atoms. The number of carbonyl (C=O) groups excluding carboxylic acids is 1. The van der Waals surface area contributed by atoms with Crippen molar-refractivity contribution in [2.45, 2.75) is 19.8 Å². The minimum absolute atomic E-state index is 0.131. The molecule has 0 heterocycles. The summed E-state index contributed by atoms with van der Waals surface area (Å²) in [6, 6.07) is 0.979. The van der Waals surface area contributed by atoms with Crippen LogP contribution in [0.2, 0.25) is 5.02 Å². The summed E-state index contributed by atoms with van der Waals surface area (Å²) in [7, 11) is 0. The molecule has 0 aliphatic heterocycles. The third-order valence-electron chi connectivity index (χ3n) is 2.68. The molecule has 1 rings (SSSR count). The number of nitrogens with zero attached hydrogens (tertiary/aromatic N) is 1. The van der Waals surface area contributed by atoms with Gasteiger partial charge in [-0.1, -0.05) is 24.9 Å². The molecule has 0 unspecified atom stereocenters. The van der Waals surface area contributed by atoms with Gasteiger partial charge in [-0.3, -0.25) is 0 Å². The van der Waals surface area contributed by atoms with Gasteiger partial charge in [0.05, 0.1) is 17.3 Å². The average molecular weight is 307 g/mol. The minimum Gasteiger partial charge on any atom is -0.395 e. The highest BCUT2D eigenvalue weighted by Crippen LogP contribution is 2.26. The summed E-state index contributed by atoms with van der Waals surface area (Å²) in [5.74, 6) is -1.76. The maximum Gasteiger partial charge on any atom is 0.322 e. The van der Waals surface area contributed by atoms with Gasteiger partial charge in [-0.25, -0.2) is 13.6 Å². The van der Waals surface area contributed by atoms with Gasteiger partial charge in [0, 0.05) is 19.2 Å². The number of urea groups is 1. The Morgan fingerprint density at radius 1 is 1.40 bits per heavy atom. The van der Waals surface area contributed by atoms with E-state index in [1.807, 2.05) is 6.92 Å². The molecule has 0 saturated heterocycles. The highest BCUT2D eigenvalue weighted by atomic mass is 35.5. The van der Waals surface area contributed by atoms with Crippen LogP contribution in [-0.4, -0.2) is 35.7 Å². The number of unbranched alkanes of at least 4 members (excludes halogenated alkanes) is 1. The first-order valence-corrected chi connectivity index (χ1v) is 6.68. The van der Waals surface area contributed by atoms with Crippen molar-refractivity contribution < 1.29 is 18.7 Å². The van der Waals surface area contributed by atoms with E-state index in [4.69, 9.17) is 16.7 Å². The topological polar surface area (TPSA) is 52.6 Å². The van der Waals surface area contributed by atoms with Gasteiger partial charge in [0.25, 0.3) is 0 Å². The molecule has 1 aromatic rings. The first kappa shape index (κ1) is 16.7. The molecule has 0 radical (unpaired) electrons. The SMILES string of the molecule is CCCCN(CCO)C(=O)Nc1c(F)cc(F)cc1Cl. The van der Waals surface area contributed by atoms with Gasteiger partial charge in [-0.15, -0.1) is 0 Å². The number of aliphatic hydroxyl groups excluding tert-OH is 1. The summed E-state index contributed by atoms with van der Waals surface area (Å²) in [5.41, 5.74) is -0.266. The standard InChI is InChI=1S/C13H17ClF2N2O2/c1-2-3-4-18(5-6-19)13(20)17-12-10(14)7-9(15)8-11(12)16/h7-8,19H,2-6H2,1H3,(H,17,20). The molecule has 0 spiro atoms. The molecule has 112 valence electrons. The lowest BCUT2D eigenvalue weighted by Crippen LogP contribution is -2.38. The van der Waals surface area contributed by atoms with Crippen LogP contribution in [0.1, 0.15) is 19.8 Å². The Kier molecular flexibility index (Phi) is 6.67. The van der Waals surface area contributed by atoms with Crippen molar-refractivity contribution in [1.29, 1.82) is 0 Å². The van der Waals surface area contributed by atoms with E-state index in [1.54, 1.807) is 0 Å². The number of aliphatic hydroxyl groups is 1. The summed E-state index contributed by atoms with van der Waals surface area (Å²) in [5, 5.41) is 11.0. The Labute approximate surface area is 121 Å². The molecule has 2 N–H and O–H groups in total. The summed E-state index contributed by atoms with van der Waals surface area (Å²) >= 11 is 5.70. The Morgan fingerprint density at radius 2 is 2.10 bits per heavy atom. The molecule has 0 aliphatic rings. The van der Waals surface area contributed by atoms with Crippen molar-refractivity contribution in [3.63, 3.8) is 0 Å². The van der Waals surface area contributed by atoms with E-state index in [1.165, 1.54) is 4.90 Å². The van der Waals surface area contributed by atoms with Gasteiger partial charge in [0.1, 0.15) is 5.82 Å². The van der Waals surface area contributed by atoms with Gasteiger partial charge in [0.15, 0.2) is 5.82 Å². The summed E-state index contributed by atoms with van der Waals surface area (Å²) in [4.78, 5) is 13.3. The van der Waals surface area contributed by atoms with Crippen molar-refractivity contribution in [2.75, 3.05) is 25.0 Å². The lowest BCUT2D eigenvalue weighted by atomic mass is 10.3. The Hall–Kier alpha value is -1.40. The number of rotatable bonds is 6. The van der Waals surface area contributed by atoms with Crippen LogP contribution in [-0.2, 0) is 0 Å². The van der Waals surface area contributed by atoms with Gasteiger partial charge in [0.2, 0.25) is 0 Å². The number of benzene rings is 1. The van der Waals surface area contributed by atoms with E-state index in [0.717, 1.165) is 18.9 Å². The fraction of sp³-hybridized carbons (Fsp3) is 0.462. The van der Waals surface area contributed by atoms with Crippen LogP contribution in [0.3, 0.4) is 0 Å². The number of anilines is 1. The maximum atomic E-state index is 13.6. The van der Waals surface area contributed by atoms with Crippen LogP contribution >= 0.6 is 11.6 Å². The lowest BCUT2D eigenvalue weighted by molar-refractivity contribution is 0.187. The number of hydrogen-bond donors (Lipinski definition) is 2. The molecule has 0 atom stereocenters. The van der Waals surface area contributed by atoms with E-state index in [2.05, 4.69) is 5.32 Å². The predicted molar refractivity (Wildman–Crippen MR) is 74.0 cm³/mol.